The van der Waals surface area contributed by atoms with Gasteiger partial charge in [-0.15, -0.1) is 0 Å². The number of nitrogens with zero attached hydrogens (tertiary/aromatic N) is 3. The van der Waals surface area contributed by atoms with Crippen LogP contribution in [0.4, 0.5) is 0 Å². The van der Waals surface area contributed by atoms with Crippen LogP contribution in [0.5, 0.6) is 0 Å². The highest BCUT2D eigenvalue weighted by molar-refractivity contribution is 5.08. The van der Waals surface area contributed by atoms with Gasteiger partial charge in [0.05, 0.1) is 19.8 Å². The van der Waals surface area contributed by atoms with Gasteiger partial charge in [0.15, 0.2) is 0 Å². The van der Waals surface area contributed by atoms with E-state index in [1.54, 1.807) is 0 Å². The fourth-order valence-electron chi connectivity index (χ4n) is 3.65. The Morgan fingerprint density at radius 3 is 3.14 bits per heavy atom. The van der Waals surface area contributed by atoms with Crippen LogP contribution in [-0.2, 0) is 16.0 Å². The van der Waals surface area contributed by atoms with Gasteiger partial charge < -0.3 is 14.4 Å². The molecule has 0 N–H and O–H groups in total. The van der Waals surface area contributed by atoms with Gasteiger partial charge in [-0.1, -0.05) is 6.07 Å². The Labute approximate surface area is 133 Å². The van der Waals surface area contributed by atoms with Crippen molar-refractivity contribution in [3.05, 3.63) is 30.1 Å². The molecule has 0 radical (unpaired) electrons. The van der Waals surface area contributed by atoms with Crippen molar-refractivity contribution in [3.8, 4) is 0 Å². The summed E-state index contributed by atoms with van der Waals surface area (Å²) in [6.07, 6.45) is 4.86. The summed E-state index contributed by atoms with van der Waals surface area (Å²) >= 11 is 0. The maximum absolute atomic E-state index is 6.23. The molecular formula is C17H27N3O2. The van der Waals surface area contributed by atoms with E-state index in [2.05, 4.69) is 34.9 Å². The first-order valence-corrected chi connectivity index (χ1v) is 8.13. The number of pyridine rings is 1. The van der Waals surface area contributed by atoms with Crippen molar-refractivity contribution in [1.29, 1.82) is 0 Å². The lowest BCUT2D eigenvalue weighted by Crippen LogP contribution is -2.44. The zero-order valence-corrected chi connectivity index (χ0v) is 13.7. The Hall–Kier alpha value is -1.01. The summed E-state index contributed by atoms with van der Waals surface area (Å²) in [5, 5.41) is 0. The molecule has 22 heavy (non-hydrogen) atoms. The average molecular weight is 305 g/mol. The van der Waals surface area contributed by atoms with Crippen molar-refractivity contribution in [1.82, 2.24) is 14.8 Å². The Morgan fingerprint density at radius 2 is 2.36 bits per heavy atom. The molecule has 0 aromatic carbocycles. The molecule has 2 saturated heterocycles. The molecular weight excluding hydrogens is 278 g/mol. The van der Waals surface area contributed by atoms with Crippen molar-refractivity contribution in [3.63, 3.8) is 0 Å². The molecule has 0 bridgehead atoms. The first-order chi connectivity index (χ1) is 10.7. The topological polar surface area (TPSA) is 37.8 Å². The summed E-state index contributed by atoms with van der Waals surface area (Å²) in [5.74, 6) is 0.608. The predicted molar refractivity (Wildman–Crippen MR) is 85.7 cm³/mol. The molecule has 2 fully saturated rings. The minimum atomic E-state index is -0.126. The summed E-state index contributed by atoms with van der Waals surface area (Å²) < 4.78 is 12.1. The number of hydrogen-bond acceptors (Lipinski definition) is 5. The highest BCUT2D eigenvalue weighted by Crippen LogP contribution is 2.33. The van der Waals surface area contributed by atoms with E-state index < -0.39 is 0 Å². The van der Waals surface area contributed by atoms with Crippen LogP contribution in [0.2, 0.25) is 0 Å². The van der Waals surface area contributed by atoms with E-state index in [9.17, 15) is 0 Å². The maximum Gasteiger partial charge on any atom is 0.104 e. The lowest BCUT2D eigenvalue weighted by atomic mass is 9.94. The number of hydrogen-bond donors (Lipinski definition) is 0. The fraction of sp³-hybridized carbons (Fsp3) is 0.706. The van der Waals surface area contributed by atoms with Gasteiger partial charge in [-0.3, -0.25) is 9.88 Å². The van der Waals surface area contributed by atoms with Crippen molar-refractivity contribution in [2.24, 2.45) is 5.92 Å². The first-order valence-electron chi connectivity index (χ1n) is 8.13. The van der Waals surface area contributed by atoms with Crippen LogP contribution in [0.15, 0.2) is 24.5 Å². The van der Waals surface area contributed by atoms with Gasteiger partial charge in [0.1, 0.15) is 5.60 Å². The predicted octanol–water partition coefficient (Wildman–Crippen LogP) is 1.25. The highest BCUT2D eigenvalue weighted by Gasteiger charge is 2.43. The SMILES string of the molecule is CN(C)C[C@H]1CO[C@]2(COCCN(Cc3cccnc3)C2)C1. The number of aromatic nitrogens is 1. The molecule has 3 heterocycles. The third kappa shape index (κ3) is 4.04. The van der Waals surface area contributed by atoms with E-state index in [-0.39, 0.29) is 5.60 Å². The minimum absolute atomic E-state index is 0.126. The van der Waals surface area contributed by atoms with Crippen molar-refractivity contribution in [2.75, 3.05) is 53.6 Å². The van der Waals surface area contributed by atoms with Crippen LogP contribution in [0.25, 0.3) is 0 Å². The minimum Gasteiger partial charge on any atom is -0.377 e. The monoisotopic (exact) mass is 305 g/mol. The number of ether oxygens (including phenoxy) is 2. The molecule has 122 valence electrons. The lowest BCUT2D eigenvalue weighted by molar-refractivity contribution is -0.0563. The van der Waals surface area contributed by atoms with Gasteiger partial charge in [-0.2, -0.15) is 0 Å². The van der Waals surface area contributed by atoms with Gasteiger partial charge in [0.2, 0.25) is 0 Å². The molecule has 0 amide bonds. The molecule has 5 nitrogen and oxygen atoms in total. The van der Waals surface area contributed by atoms with Gasteiger partial charge in [0, 0.05) is 38.6 Å². The first kappa shape index (κ1) is 15.9. The molecule has 1 aromatic heterocycles. The summed E-state index contributed by atoms with van der Waals surface area (Å²) in [6.45, 7) is 6.27. The molecule has 2 aliphatic heterocycles. The van der Waals surface area contributed by atoms with E-state index in [1.165, 1.54) is 5.56 Å². The summed E-state index contributed by atoms with van der Waals surface area (Å²) in [4.78, 5) is 8.91. The van der Waals surface area contributed by atoms with Gasteiger partial charge >= 0.3 is 0 Å². The molecule has 0 unspecified atom stereocenters. The van der Waals surface area contributed by atoms with Crippen LogP contribution in [0, 0.1) is 5.92 Å². The Balaban J connectivity index is 1.63. The van der Waals surface area contributed by atoms with Crippen molar-refractivity contribution >= 4 is 0 Å². The molecule has 2 aliphatic rings. The third-order valence-electron chi connectivity index (χ3n) is 4.47. The smallest absolute Gasteiger partial charge is 0.104 e. The van der Waals surface area contributed by atoms with Crippen LogP contribution in [0.1, 0.15) is 12.0 Å². The second-order valence-corrected chi connectivity index (χ2v) is 6.95. The standard InChI is InChI=1S/C17H27N3O2/c1-19(2)10-16-8-17(22-12-16)13-20(6-7-21-14-17)11-15-4-3-5-18-9-15/h3-5,9,16H,6-8,10-14H2,1-2H3/t16-,17+/m0/s1. The normalized spacial score (nSPS) is 30.0. The molecule has 1 aromatic rings. The van der Waals surface area contributed by atoms with E-state index in [0.29, 0.717) is 5.92 Å². The molecule has 5 heteroatoms. The Morgan fingerprint density at radius 1 is 1.45 bits per heavy atom. The van der Waals surface area contributed by atoms with Crippen LogP contribution in [-0.4, -0.2) is 73.9 Å². The third-order valence-corrected chi connectivity index (χ3v) is 4.47. The van der Waals surface area contributed by atoms with E-state index in [0.717, 1.165) is 52.4 Å². The average Bonchev–Trinajstić information content (AvgIpc) is 2.75. The van der Waals surface area contributed by atoms with Crippen LogP contribution >= 0.6 is 0 Å². The van der Waals surface area contributed by atoms with Gasteiger partial charge in [0.25, 0.3) is 0 Å². The van der Waals surface area contributed by atoms with Crippen molar-refractivity contribution < 1.29 is 9.47 Å². The molecule has 0 aliphatic carbocycles. The summed E-state index contributed by atoms with van der Waals surface area (Å²) in [6, 6.07) is 4.13. The largest absolute Gasteiger partial charge is 0.377 e. The van der Waals surface area contributed by atoms with Gasteiger partial charge in [-0.05, 0) is 38.1 Å². The maximum atomic E-state index is 6.23. The zero-order chi connectivity index (χ0) is 15.4. The van der Waals surface area contributed by atoms with Crippen molar-refractivity contribution in [2.45, 2.75) is 18.6 Å². The number of rotatable bonds is 4. The van der Waals surface area contributed by atoms with Gasteiger partial charge in [-0.25, -0.2) is 0 Å². The Kier molecular flexibility index (Phi) is 5.08. The Bertz CT molecular complexity index is 468. The fourth-order valence-corrected chi connectivity index (χ4v) is 3.65. The second kappa shape index (κ2) is 7.04. The van der Waals surface area contributed by atoms with E-state index in [4.69, 9.17) is 9.47 Å². The van der Waals surface area contributed by atoms with E-state index in [1.807, 2.05) is 18.5 Å². The molecule has 1 spiro atoms. The second-order valence-electron chi connectivity index (χ2n) is 6.95. The molecule has 2 atom stereocenters. The zero-order valence-electron chi connectivity index (χ0n) is 13.7. The van der Waals surface area contributed by atoms with Crippen LogP contribution < -0.4 is 0 Å². The summed E-state index contributed by atoms with van der Waals surface area (Å²) in [5.41, 5.74) is 1.13. The van der Waals surface area contributed by atoms with E-state index >= 15 is 0 Å². The summed E-state index contributed by atoms with van der Waals surface area (Å²) in [7, 11) is 4.26. The molecule has 3 rings (SSSR count). The van der Waals surface area contributed by atoms with Crippen LogP contribution in [0.3, 0.4) is 0 Å². The quantitative estimate of drug-likeness (QED) is 0.837. The lowest BCUT2D eigenvalue weighted by Gasteiger charge is -2.31. The molecule has 0 saturated carbocycles. The highest BCUT2D eigenvalue weighted by atomic mass is 16.5.